The first-order valence-electron chi connectivity index (χ1n) is 5.77. The predicted octanol–water partition coefficient (Wildman–Crippen LogP) is 2.69. The normalized spacial score (nSPS) is 19.3. The molecule has 0 bridgehead atoms. The summed E-state index contributed by atoms with van der Waals surface area (Å²) in [5.41, 5.74) is 8.17. The molecule has 0 saturated heterocycles. The molecule has 0 spiro atoms. The van der Waals surface area contributed by atoms with Gasteiger partial charge in [-0.05, 0) is 37.5 Å². The van der Waals surface area contributed by atoms with Gasteiger partial charge in [-0.15, -0.1) is 0 Å². The quantitative estimate of drug-likeness (QED) is 0.743. The van der Waals surface area contributed by atoms with Gasteiger partial charge in [-0.1, -0.05) is 25.0 Å². The van der Waals surface area contributed by atoms with Gasteiger partial charge >= 0.3 is 0 Å². The Morgan fingerprint density at radius 3 is 2.40 bits per heavy atom. The van der Waals surface area contributed by atoms with Crippen LogP contribution >= 0.6 is 0 Å². The molecule has 0 atom stereocenters. The first kappa shape index (κ1) is 10.5. The molecule has 2 nitrogen and oxygen atoms in total. The molecule has 2 rings (SSSR count). The number of hydrogen-bond donors (Lipinski definition) is 2. The van der Waals surface area contributed by atoms with Crippen LogP contribution in [0.25, 0.3) is 0 Å². The molecule has 15 heavy (non-hydrogen) atoms. The molecule has 1 aromatic rings. The summed E-state index contributed by atoms with van der Waals surface area (Å²) in [6.07, 6.45) is 5.35. The van der Waals surface area contributed by atoms with Gasteiger partial charge in [0.05, 0.1) is 0 Å². The van der Waals surface area contributed by atoms with Gasteiger partial charge in [-0.2, -0.15) is 0 Å². The summed E-state index contributed by atoms with van der Waals surface area (Å²) in [6, 6.07) is 8.13. The van der Waals surface area contributed by atoms with Crippen molar-refractivity contribution in [2.45, 2.75) is 44.7 Å². The van der Waals surface area contributed by atoms with E-state index in [-0.39, 0.29) is 0 Å². The Balaban J connectivity index is 1.90. The number of rotatable bonds is 3. The molecule has 82 valence electrons. The van der Waals surface area contributed by atoms with Crippen LogP contribution in [0.2, 0.25) is 0 Å². The number of nitrogens with one attached hydrogen (secondary N) is 1. The molecule has 0 aliphatic heterocycles. The van der Waals surface area contributed by atoms with Gasteiger partial charge < -0.3 is 11.1 Å². The SMILES string of the molecule is CC1(NCc2ccc(N)cc2)CCCC1. The molecule has 0 radical (unpaired) electrons. The van der Waals surface area contributed by atoms with Crippen LogP contribution in [0.5, 0.6) is 0 Å². The average molecular weight is 204 g/mol. The number of nitrogens with two attached hydrogens (primary N) is 1. The van der Waals surface area contributed by atoms with Crippen molar-refractivity contribution in [3.8, 4) is 0 Å². The van der Waals surface area contributed by atoms with Gasteiger partial charge in [-0.25, -0.2) is 0 Å². The Kier molecular flexibility index (Phi) is 2.96. The number of anilines is 1. The molecular formula is C13H20N2. The lowest BCUT2D eigenvalue weighted by Crippen LogP contribution is -2.38. The second-order valence-electron chi connectivity index (χ2n) is 4.86. The highest BCUT2D eigenvalue weighted by molar-refractivity contribution is 5.39. The zero-order valence-electron chi connectivity index (χ0n) is 9.42. The van der Waals surface area contributed by atoms with E-state index in [1.165, 1.54) is 31.2 Å². The summed E-state index contributed by atoms with van der Waals surface area (Å²) in [7, 11) is 0. The van der Waals surface area contributed by atoms with Crippen LogP contribution in [-0.4, -0.2) is 5.54 Å². The molecule has 0 heterocycles. The van der Waals surface area contributed by atoms with Gasteiger partial charge in [0.1, 0.15) is 0 Å². The molecule has 1 fully saturated rings. The van der Waals surface area contributed by atoms with Crippen LogP contribution in [0.1, 0.15) is 38.2 Å². The first-order valence-corrected chi connectivity index (χ1v) is 5.77. The molecule has 1 saturated carbocycles. The van der Waals surface area contributed by atoms with Gasteiger partial charge in [0.2, 0.25) is 0 Å². The fourth-order valence-corrected chi connectivity index (χ4v) is 2.28. The number of benzene rings is 1. The maximum Gasteiger partial charge on any atom is 0.0314 e. The first-order chi connectivity index (χ1) is 7.18. The van der Waals surface area contributed by atoms with E-state index in [0.717, 1.165) is 12.2 Å². The van der Waals surface area contributed by atoms with Crippen LogP contribution in [-0.2, 0) is 6.54 Å². The van der Waals surface area contributed by atoms with E-state index < -0.39 is 0 Å². The van der Waals surface area contributed by atoms with E-state index >= 15 is 0 Å². The Morgan fingerprint density at radius 1 is 1.20 bits per heavy atom. The Hall–Kier alpha value is -1.02. The highest BCUT2D eigenvalue weighted by Gasteiger charge is 2.27. The van der Waals surface area contributed by atoms with E-state index in [1.807, 2.05) is 12.1 Å². The number of hydrogen-bond acceptors (Lipinski definition) is 2. The van der Waals surface area contributed by atoms with Crippen LogP contribution in [0.15, 0.2) is 24.3 Å². The lowest BCUT2D eigenvalue weighted by molar-refractivity contribution is 0.363. The van der Waals surface area contributed by atoms with E-state index in [1.54, 1.807) is 0 Å². The van der Waals surface area contributed by atoms with Crippen molar-refractivity contribution in [3.05, 3.63) is 29.8 Å². The van der Waals surface area contributed by atoms with Gasteiger partial charge in [0, 0.05) is 17.8 Å². The Labute approximate surface area is 91.9 Å². The molecule has 1 aliphatic rings. The molecule has 0 amide bonds. The smallest absolute Gasteiger partial charge is 0.0314 e. The fraction of sp³-hybridized carbons (Fsp3) is 0.538. The molecular weight excluding hydrogens is 184 g/mol. The minimum absolute atomic E-state index is 0.362. The lowest BCUT2D eigenvalue weighted by Gasteiger charge is -2.25. The zero-order chi connectivity index (χ0) is 10.7. The standard InChI is InChI=1S/C13H20N2/c1-13(8-2-3-9-13)15-10-11-4-6-12(14)7-5-11/h4-7,15H,2-3,8-10,14H2,1H3. The summed E-state index contributed by atoms with van der Waals surface area (Å²) in [6.45, 7) is 3.29. The summed E-state index contributed by atoms with van der Waals surface area (Å²) < 4.78 is 0. The topological polar surface area (TPSA) is 38.0 Å². The van der Waals surface area contributed by atoms with E-state index in [0.29, 0.717) is 5.54 Å². The molecule has 0 aromatic heterocycles. The summed E-state index contributed by atoms with van der Waals surface area (Å²) in [5, 5.41) is 3.65. The van der Waals surface area contributed by atoms with Crippen LogP contribution in [0.4, 0.5) is 5.69 Å². The third kappa shape index (κ3) is 2.72. The van der Waals surface area contributed by atoms with Crippen LogP contribution in [0.3, 0.4) is 0 Å². The van der Waals surface area contributed by atoms with Crippen molar-refractivity contribution < 1.29 is 0 Å². The number of nitrogen functional groups attached to an aromatic ring is 1. The van der Waals surface area contributed by atoms with Crippen molar-refractivity contribution in [2.75, 3.05) is 5.73 Å². The molecule has 1 aromatic carbocycles. The van der Waals surface area contributed by atoms with Gasteiger partial charge in [-0.3, -0.25) is 0 Å². The van der Waals surface area contributed by atoms with Crippen LogP contribution < -0.4 is 11.1 Å². The second-order valence-corrected chi connectivity index (χ2v) is 4.86. The Morgan fingerprint density at radius 2 is 1.80 bits per heavy atom. The average Bonchev–Trinajstić information content (AvgIpc) is 2.65. The second kappa shape index (κ2) is 4.23. The van der Waals surface area contributed by atoms with Crippen molar-refractivity contribution in [1.82, 2.24) is 5.32 Å². The minimum atomic E-state index is 0.362. The third-order valence-electron chi connectivity index (χ3n) is 3.41. The molecule has 3 N–H and O–H groups in total. The summed E-state index contributed by atoms with van der Waals surface area (Å²) >= 11 is 0. The Bertz CT molecular complexity index is 310. The third-order valence-corrected chi connectivity index (χ3v) is 3.41. The highest BCUT2D eigenvalue weighted by atomic mass is 15.0. The summed E-state index contributed by atoms with van der Waals surface area (Å²) in [5.74, 6) is 0. The summed E-state index contributed by atoms with van der Waals surface area (Å²) in [4.78, 5) is 0. The lowest BCUT2D eigenvalue weighted by atomic mass is 10.0. The monoisotopic (exact) mass is 204 g/mol. The van der Waals surface area contributed by atoms with E-state index in [2.05, 4.69) is 24.4 Å². The van der Waals surface area contributed by atoms with Crippen LogP contribution in [0, 0.1) is 0 Å². The molecule has 1 aliphatic carbocycles. The van der Waals surface area contributed by atoms with Crippen molar-refractivity contribution in [3.63, 3.8) is 0 Å². The minimum Gasteiger partial charge on any atom is -0.399 e. The van der Waals surface area contributed by atoms with Crippen molar-refractivity contribution in [2.24, 2.45) is 0 Å². The largest absolute Gasteiger partial charge is 0.399 e. The van der Waals surface area contributed by atoms with E-state index in [9.17, 15) is 0 Å². The predicted molar refractivity (Wildman–Crippen MR) is 64.6 cm³/mol. The van der Waals surface area contributed by atoms with Gasteiger partial charge in [0.15, 0.2) is 0 Å². The van der Waals surface area contributed by atoms with E-state index in [4.69, 9.17) is 5.73 Å². The molecule has 2 heteroatoms. The maximum absolute atomic E-state index is 5.65. The fourth-order valence-electron chi connectivity index (χ4n) is 2.28. The van der Waals surface area contributed by atoms with Gasteiger partial charge in [0.25, 0.3) is 0 Å². The molecule has 0 unspecified atom stereocenters. The van der Waals surface area contributed by atoms with Crippen molar-refractivity contribution in [1.29, 1.82) is 0 Å². The van der Waals surface area contributed by atoms with Crippen molar-refractivity contribution >= 4 is 5.69 Å². The zero-order valence-corrected chi connectivity index (χ0v) is 9.42. The maximum atomic E-state index is 5.65. The highest BCUT2D eigenvalue weighted by Crippen LogP contribution is 2.29.